The van der Waals surface area contributed by atoms with Gasteiger partial charge in [-0.1, -0.05) is 48.5 Å². The summed E-state index contributed by atoms with van der Waals surface area (Å²) in [6.07, 6.45) is 8.24. The predicted octanol–water partition coefficient (Wildman–Crippen LogP) is 5.96. The number of amides is 7. The van der Waals surface area contributed by atoms with Crippen molar-refractivity contribution in [1.29, 1.82) is 5.26 Å². The van der Waals surface area contributed by atoms with Crippen molar-refractivity contribution in [3.8, 4) is 28.8 Å². The van der Waals surface area contributed by atoms with E-state index in [1.807, 2.05) is 77.7 Å². The van der Waals surface area contributed by atoms with Gasteiger partial charge in [-0.15, -0.1) is 0 Å². The number of nitrogens with one attached hydrogen (secondary N) is 4. The molecule has 20 heteroatoms. The number of unbranched alkanes of at least 4 members (excludes halogenated alkanes) is 1. The van der Waals surface area contributed by atoms with E-state index in [4.69, 9.17) is 28.9 Å². The van der Waals surface area contributed by atoms with E-state index in [1.165, 1.54) is 18.2 Å². The van der Waals surface area contributed by atoms with Crippen molar-refractivity contribution in [3.05, 3.63) is 132 Å². The number of fused-ring (bicyclic) bond motifs is 1. The van der Waals surface area contributed by atoms with Crippen molar-refractivity contribution < 1.29 is 52.5 Å². The fraction of sp³-hybridized carbons (Fsp3) is 0.375. The number of hydrogen-bond acceptors (Lipinski definition) is 15. The number of imide groups is 2. The molecule has 76 heavy (non-hydrogen) atoms. The summed E-state index contributed by atoms with van der Waals surface area (Å²) in [5.74, 6) is -1.76. The van der Waals surface area contributed by atoms with Crippen LogP contribution >= 0.6 is 0 Å². The van der Waals surface area contributed by atoms with Crippen LogP contribution in [0.1, 0.15) is 83.2 Å². The van der Waals surface area contributed by atoms with E-state index in [2.05, 4.69) is 37.3 Å². The van der Waals surface area contributed by atoms with Crippen molar-refractivity contribution in [2.75, 3.05) is 69.6 Å². The van der Waals surface area contributed by atoms with E-state index >= 15 is 0 Å². The molecule has 8 rings (SSSR count). The van der Waals surface area contributed by atoms with Crippen molar-refractivity contribution >= 4 is 47.1 Å². The first-order valence-electron chi connectivity index (χ1n) is 25.6. The Kier molecular flexibility index (Phi) is 19.4. The largest absolute Gasteiger partial charge is 0.483 e. The zero-order valence-electron chi connectivity index (χ0n) is 42.1. The number of piperidine rings is 1. The van der Waals surface area contributed by atoms with Gasteiger partial charge >= 0.3 is 6.03 Å². The Bertz CT molecular complexity index is 2840. The zero-order chi connectivity index (χ0) is 53.1. The third kappa shape index (κ3) is 14.7. The fourth-order valence-electron chi connectivity index (χ4n) is 9.17. The lowest BCUT2D eigenvalue weighted by atomic mass is 9.89. The van der Waals surface area contributed by atoms with Gasteiger partial charge in [-0.2, -0.15) is 5.26 Å². The lowest BCUT2D eigenvalue weighted by Crippen LogP contribution is -2.54. The number of aromatic nitrogens is 2. The molecule has 0 spiro atoms. The van der Waals surface area contributed by atoms with Crippen LogP contribution in [0.3, 0.4) is 0 Å². The number of anilines is 2. The van der Waals surface area contributed by atoms with Gasteiger partial charge in [0, 0.05) is 69.0 Å². The molecule has 4 N–H and O–H groups in total. The molecule has 1 unspecified atom stereocenters. The Morgan fingerprint density at radius 1 is 0.737 bits per heavy atom. The number of nitriles is 1. The van der Waals surface area contributed by atoms with Gasteiger partial charge in [0.1, 0.15) is 30.3 Å². The maximum absolute atomic E-state index is 13.9. The normalized spacial score (nSPS) is 17.0. The maximum atomic E-state index is 13.9. The molecule has 1 saturated heterocycles. The highest BCUT2D eigenvalue weighted by Gasteiger charge is 2.46. The minimum Gasteiger partial charge on any atom is -0.483 e. The molecule has 20 nitrogen and oxygen atoms in total. The van der Waals surface area contributed by atoms with E-state index in [9.17, 15) is 28.8 Å². The van der Waals surface area contributed by atoms with Gasteiger partial charge in [0.2, 0.25) is 17.7 Å². The summed E-state index contributed by atoms with van der Waals surface area (Å²) < 4.78 is 28.5. The second kappa shape index (κ2) is 27.3. The number of benzene rings is 3. The van der Waals surface area contributed by atoms with Crippen LogP contribution in [0.4, 0.5) is 16.3 Å². The first-order valence-corrected chi connectivity index (χ1v) is 25.6. The Labute approximate surface area is 440 Å². The summed E-state index contributed by atoms with van der Waals surface area (Å²) in [7, 11) is 0. The van der Waals surface area contributed by atoms with E-state index < -0.39 is 42.2 Å². The molecule has 3 aliphatic rings. The van der Waals surface area contributed by atoms with Gasteiger partial charge in [-0.3, -0.25) is 39.1 Å². The number of rotatable bonds is 26. The molecule has 1 saturated carbocycles. The summed E-state index contributed by atoms with van der Waals surface area (Å²) in [4.78, 5) is 88.1. The lowest BCUT2D eigenvalue weighted by molar-refractivity contribution is -0.136. The van der Waals surface area contributed by atoms with Crippen LogP contribution in [0.25, 0.3) is 11.1 Å². The predicted molar refractivity (Wildman–Crippen MR) is 278 cm³/mol. The summed E-state index contributed by atoms with van der Waals surface area (Å²) in [6.45, 7) is 2.99. The Hall–Kier alpha value is -8.25. The number of pyridine rings is 2. The second-order valence-corrected chi connectivity index (χ2v) is 18.3. The molecule has 396 valence electrons. The lowest BCUT2D eigenvalue weighted by Gasteiger charge is -2.37. The first-order chi connectivity index (χ1) is 37.1. The van der Waals surface area contributed by atoms with Crippen molar-refractivity contribution in [1.82, 2.24) is 30.8 Å². The molecule has 2 aliphatic heterocycles. The minimum absolute atomic E-state index is 0.00292. The number of urea groups is 1. The topological polar surface area (TPSA) is 253 Å². The molecular weight excluding hydrogens is 975 g/mol. The smallest absolute Gasteiger partial charge is 0.322 e. The third-order valence-corrected chi connectivity index (χ3v) is 13.1. The maximum Gasteiger partial charge on any atom is 0.322 e. The average molecular weight is 1040 g/mol. The number of hydrogen-bond donors (Lipinski definition) is 4. The molecule has 3 aromatic carbocycles. The molecule has 0 radical (unpaired) electrons. The van der Waals surface area contributed by atoms with Crippen molar-refractivity contribution in [2.24, 2.45) is 0 Å². The van der Waals surface area contributed by atoms with Crippen LogP contribution in [0, 0.1) is 11.3 Å². The SMILES string of the molecule is N#Cc1ccc(N[C@H]2CC[C@H](N(C(=O)NCc3ccccc3)c3ccc(-c4ccnc(OCCOCCCCOCCOCCNC(=O)COc5cccc6c5C(=O)N(C5CCC(=O)NC5=O)C6=O)c4)cc3)CC2)nc1. The Morgan fingerprint density at radius 3 is 2.21 bits per heavy atom. The number of ether oxygens (including phenoxy) is 5. The number of carbonyl (C=O) groups excluding carboxylic acids is 6. The van der Waals surface area contributed by atoms with Crippen LogP contribution in [-0.4, -0.2) is 128 Å². The van der Waals surface area contributed by atoms with Gasteiger partial charge in [0.15, 0.2) is 6.61 Å². The van der Waals surface area contributed by atoms with Crippen LogP contribution in [0.2, 0.25) is 0 Å². The standard InChI is InChI=1S/C56H61N9O11/c57-34-39-11-21-48(60-36-39)62-42-14-18-44(19-15-42)64(56(71)61-35-38-7-2-1-3-8-38)43-16-12-40(13-17-43)41-23-24-59-51(33-41)75-32-31-73-27-5-4-26-72-29-30-74-28-25-58-50(67)37-76-47-10-6-9-45-52(47)55(70)65(54(45)69)46-20-22-49(66)63-53(46)68/h1-3,6-13,16-17,21,23-24,33,36,42,44,46H,4-5,14-15,18-20,22,25-32,35,37H2,(H,58,67)(H,60,62)(H,61,71)(H,63,66,68)/t42-,44-,46?. The molecule has 2 fully saturated rings. The summed E-state index contributed by atoms with van der Waals surface area (Å²) in [5.41, 5.74) is 4.26. The van der Waals surface area contributed by atoms with Gasteiger partial charge in [-0.05, 0) is 104 Å². The van der Waals surface area contributed by atoms with E-state index in [-0.39, 0.29) is 61.0 Å². The molecule has 4 heterocycles. The van der Waals surface area contributed by atoms with E-state index in [1.54, 1.807) is 18.5 Å². The van der Waals surface area contributed by atoms with Gasteiger partial charge < -0.3 is 39.6 Å². The molecular formula is C56H61N9O11. The van der Waals surface area contributed by atoms with Gasteiger partial charge in [-0.25, -0.2) is 14.8 Å². The van der Waals surface area contributed by atoms with Gasteiger partial charge in [0.05, 0.1) is 43.1 Å². The summed E-state index contributed by atoms with van der Waals surface area (Å²) in [5, 5.41) is 20.6. The zero-order valence-corrected chi connectivity index (χ0v) is 42.1. The highest BCUT2D eigenvalue weighted by molar-refractivity contribution is 6.24. The minimum atomic E-state index is -1.11. The number of nitrogens with zero attached hydrogens (tertiary/aromatic N) is 5. The monoisotopic (exact) mass is 1040 g/mol. The fourth-order valence-corrected chi connectivity index (χ4v) is 9.17. The highest BCUT2D eigenvalue weighted by Crippen LogP contribution is 2.34. The van der Waals surface area contributed by atoms with Crippen molar-refractivity contribution in [2.45, 2.75) is 76.0 Å². The highest BCUT2D eigenvalue weighted by atomic mass is 16.5. The van der Waals surface area contributed by atoms with Crippen LogP contribution in [0.5, 0.6) is 11.6 Å². The molecule has 2 aromatic heterocycles. The van der Waals surface area contributed by atoms with Gasteiger partial charge in [0.25, 0.3) is 17.7 Å². The Balaban J connectivity index is 0.676. The molecule has 1 atom stereocenters. The van der Waals surface area contributed by atoms with E-state index in [0.717, 1.165) is 71.6 Å². The Morgan fingerprint density at radius 2 is 1.49 bits per heavy atom. The summed E-state index contributed by atoms with van der Waals surface area (Å²) in [6, 6.07) is 30.7. The van der Waals surface area contributed by atoms with Crippen molar-refractivity contribution in [3.63, 3.8) is 0 Å². The third-order valence-electron chi connectivity index (χ3n) is 13.1. The second-order valence-electron chi connectivity index (χ2n) is 18.3. The first kappa shape index (κ1) is 54.0. The summed E-state index contributed by atoms with van der Waals surface area (Å²) >= 11 is 0. The van der Waals surface area contributed by atoms with Crippen LogP contribution < -0.4 is 35.6 Å². The van der Waals surface area contributed by atoms with E-state index in [0.29, 0.717) is 57.6 Å². The quantitative estimate of drug-likeness (QED) is 0.0368. The molecule has 1 aliphatic carbocycles. The van der Waals surface area contributed by atoms with Crippen LogP contribution in [-0.2, 0) is 35.1 Å². The number of carbonyl (C=O) groups is 6. The molecule has 7 amide bonds. The molecule has 0 bridgehead atoms. The van der Waals surface area contributed by atoms with Crippen LogP contribution in [0.15, 0.2) is 109 Å². The molecule has 5 aromatic rings. The average Bonchev–Trinajstić information content (AvgIpc) is 3.72.